The number of benzene rings is 1. The molecule has 1 aromatic carbocycles. The van der Waals surface area contributed by atoms with Crippen LogP contribution in [-0.2, 0) is 7.05 Å². The van der Waals surface area contributed by atoms with E-state index in [1.54, 1.807) is 23.1 Å². The Balaban J connectivity index is 0.00000131. The summed E-state index contributed by atoms with van der Waals surface area (Å²) in [6.45, 7) is 0. The number of pyridine rings is 2. The lowest BCUT2D eigenvalue weighted by Crippen LogP contribution is -1.97. The Morgan fingerprint density at radius 2 is 1.78 bits per heavy atom. The Hall–Kier alpha value is -2.41. The number of nitrogens with two attached hydrogens (primary N) is 1. The topological polar surface area (TPSA) is 69.6 Å². The van der Waals surface area contributed by atoms with Crippen LogP contribution in [0.4, 0.5) is 10.2 Å². The van der Waals surface area contributed by atoms with Crippen LogP contribution in [0, 0.1) is 5.82 Å². The highest BCUT2D eigenvalue weighted by Gasteiger charge is 2.12. The van der Waals surface area contributed by atoms with Crippen LogP contribution in [0.3, 0.4) is 0 Å². The van der Waals surface area contributed by atoms with Gasteiger partial charge in [0.2, 0.25) is 0 Å². The minimum Gasteiger partial charge on any atom is -0.383 e. The van der Waals surface area contributed by atoms with Crippen molar-refractivity contribution in [1.82, 2.24) is 19.7 Å². The lowest BCUT2D eigenvalue weighted by molar-refractivity contribution is 0.639. The van der Waals surface area contributed by atoms with E-state index in [9.17, 15) is 4.39 Å². The van der Waals surface area contributed by atoms with E-state index in [1.165, 1.54) is 18.3 Å². The first-order valence-electron chi connectivity index (χ1n) is 7.51. The number of halogens is 4. The smallest absolute Gasteiger partial charge is 0.132 e. The lowest BCUT2D eigenvalue weighted by Gasteiger charge is -2.09. The fourth-order valence-corrected chi connectivity index (χ4v) is 2.94. The second-order valence-electron chi connectivity index (χ2n) is 5.70. The van der Waals surface area contributed by atoms with Crippen molar-refractivity contribution in [3.63, 3.8) is 0 Å². The third kappa shape index (κ3) is 3.83. The van der Waals surface area contributed by atoms with Crippen LogP contribution in [0.2, 0.25) is 5.02 Å². The summed E-state index contributed by atoms with van der Waals surface area (Å²) in [7, 11) is 1.84. The first-order valence-corrected chi connectivity index (χ1v) is 7.89. The average molecular weight is 427 g/mol. The molecule has 0 atom stereocenters. The van der Waals surface area contributed by atoms with Gasteiger partial charge < -0.3 is 5.73 Å². The van der Waals surface area contributed by atoms with Crippen molar-refractivity contribution in [1.29, 1.82) is 0 Å². The van der Waals surface area contributed by atoms with E-state index in [0.717, 1.165) is 11.1 Å². The summed E-state index contributed by atoms with van der Waals surface area (Å²) in [4.78, 5) is 8.60. The van der Waals surface area contributed by atoms with E-state index in [1.807, 2.05) is 19.3 Å². The maximum atomic E-state index is 13.9. The van der Waals surface area contributed by atoms with E-state index in [-0.39, 0.29) is 30.6 Å². The molecule has 0 saturated carbocycles. The molecule has 3 heterocycles. The summed E-state index contributed by atoms with van der Waals surface area (Å²) >= 11 is 6.21. The number of aromatic nitrogens is 4. The molecule has 140 valence electrons. The monoisotopic (exact) mass is 425 g/mol. The van der Waals surface area contributed by atoms with Gasteiger partial charge in [0.1, 0.15) is 11.6 Å². The molecule has 4 rings (SSSR count). The quantitative estimate of drug-likeness (QED) is 0.494. The van der Waals surface area contributed by atoms with Gasteiger partial charge in [0.15, 0.2) is 0 Å². The summed E-state index contributed by atoms with van der Waals surface area (Å²) in [5.41, 5.74) is 9.06. The van der Waals surface area contributed by atoms with Crippen molar-refractivity contribution < 1.29 is 4.39 Å². The van der Waals surface area contributed by atoms with Gasteiger partial charge in [-0.2, -0.15) is 5.10 Å². The lowest BCUT2D eigenvalue weighted by atomic mass is 10.0. The molecule has 0 radical (unpaired) electrons. The molecule has 0 saturated heterocycles. The maximum absolute atomic E-state index is 13.9. The van der Waals surface area contributed by atoms with Crippen molar-refractivity contribution in [2.75, 3.05) is 5.73 Å². The third-order valence-corrected chi connectivity index (χ3v) is 4.36. The third-order valence-electron chi connectivity index (χ3n) is 4.03. The number of hydrogen-bond acceptors (Lipinski definition) is 4. The Kier molecular flexibility index (Phi) is 6.26. The standard InChI is InChI=1S/C18H13ClFN5.2ClH/c1-25-9-11(7-24-25)10-4-13(18(21)23-6-10)17-5-12-14(8-22-17)16(20)3-2-15(12)19;;/h2-9H,1H3,(H2,21,23);2*1H. The minimum atomic E-state index is -0.367. The first-order chi connectivity index (χ1) is 12.0. The van der Waals surface area contributed by atoms with Crippen LogP contribution in [0.25, 0.3) is 33.2 Å². The van der Waals surface area contributed by atoms with Gasteiger partial charge in [-0.25, -0.2) is 9.37 Å². The fourth-order valence-electron chi connectivity index (χ4n) is 2.73. The maximum Gasteiger partial charge on any atom is 0.132 e. The molecular weight excluding hydrogens is 412 g/mol. The fraction of sp³-hybridized carbons (Fsp3) is 0.0556. The molecule has 3 aromatic heterocycles. The number of nitrogens with zero attached hydrogens (tertiary/aromatic N) is 4. The predicted molar refractivity (Wildman–Crippen MR) is 111 cm³/mol. The van der Waals surface area contributed by atoms with Crippen LogP contribution in [-0.4, -0.2) is 19.7 Å². The summed E-state index contributed by atoms with van der Waals surface area (Å²) in [6, 6.07) is 6.46. The second-order valence-corrected chi connectivity index (χ2v) is 6.11. The molecule has 0 spiro atoms. The molecule has 9 heteroatoms. The number of aryl methyl sites for hydroxylation is 1. The van der Waals surface area contributed by atoms with Gasteiger partial charge in [0.25, 0.3) is 0 Å². The van der Waals surface area contributed by atoms with E-state index in [2.05, 4.69) is 15.1 Å². The highest BCUT2D eigenvalue weighted by molar-refractivity contribution is 6.35. The number of anilines is 1. The van der Waals surface area contributed by atoms with Crippen molar-refractivity contribution in [2.45, 2.75) is 0 Å². The molecule has 4 aromatic rings. The van der Waals surface area contributed by atoms with Crippen LogP contribution >= 0.6 is 36.4 Å². The van der Waals surface area contributed by atoms with Gasteiger partial charge in [-0.3, -0.25) is 9.67 Å². The molecule has 0 aliphatic carbocycles. The van der Waals surface area contributed by atoms with Crippen molar-refractivity contribution in [3.05, 3.63) is 59.9 Å². The predicted octanol–water partition coefficient (Wildman–Crippen LogP) is 4.92. The van der Waals surface area contributed by atoms with Crippen LogP contribution in [0.5, 0.6) is 0 Å². The summed E-state index contributed by atoms with van der Waals surface area (Å²) in [5, 5.41) is 5.56. The Labute approximate surface area is 172 Å². The molecule has 5 nitrogen and oxygen atoms in total. The first kappa shape index (κ1) is 20.9. The average Bonchev–Trinajstić information content (AvgIpc) is 3.05. The normalized spacial score (nSPS) is 10.3. The minimum absolute atomic E-state index is 0. The molecule has 0 aliphatic heterocycles. The number of rotatable bonds is 2. The Bertz CT molecular complexity index is 1110. The van der Waals surface area contributed by atoms with Crippen molar-refractivity contribution in [2.24, 2.45) is 7.05 Å². The number of nitrogen functional groups attached to an aromatic ring is 1. The molecule has 0 bridgehead atoms. The molecular formula is C18H15Cl3FN5. The van der Waals surface area contributed by atoms with Crippen molar-refractivity contribution >= 4 is 53.0 Å². The summed E-state index contributed by atoms with van der Waals surface area (Å²) < 4.78 is 15.6. The summed E-state index contributed by atoms with van der Waals surface area (Å²) in [5.74, 6) is -0.0272. The van der Waals surface area contributed by atoms with E-state index in [4.69, 9.17) is 17.3 Å². The van der Waals surface area contributed by atoms with Gasteiger partial charge in [-0.1, -0.05) is 11.6 Å². The van der Waals surface area contributed by atoms with Gasteiger partial charge >= 0.3 is 0 Å². The molecule has 0 amide bonds. The van der Waals surface area contributed by atoms with Crippen molar-refractivity contribution in [3.8, 4) is 22.4 Å². The van der Waals surface area contributed by atoms with Crippen LogP contribution < -0.4 is 5.73 Å². The van der Waals surface area contributed by atoms with Gasteiger partial charge in [-0.05, 0) is 24.3 Å². The Morgan fingerprint density at radius 3 is 2.48 bits per heavy atom. The van der Waals surface area contributed by atoms with E-state index in [0.29, 0.717) is 32.9 Å². The molecule has 2 N–H and O–H groups in total. The largest absolute Gasteiger partial charge is 0.383 e. The Morgan fingerprint density at radius 1 is 1.00 bits per heavy atom. The zero-order chi connectivity index (χ0) is 17.6. The highest BCUT2D eigenvalue weighted by Crippen LogP contribution is 2.32. The molecule has 27 heavy (non-hydrogen) atoms. The zero-order valence-corrected chi connectivity index (χ0v) is 16.4. The van der Waals surface area contributed by atoms with E-state index < -0.39 is 0 Å². The number of fused-ring (bicyclic) bond motifs is 1. The van der Waals surface area contributed by atoms with Crippen LogP contribution in [0.15, 0.2) is 49.1 Å². The van der Waals surface area contributed by atoms with E-state index >= 15 is 0 Å². The van der Waals surface area contributed by atoms with Gasteiger partial charge in [0.05, 0.1) is 11.9 Å². The molecule has 0 unspecified atom stereocenters. The van der Waals surface area contributed by atoms with Gasteiger partial charge in [-0.15, -0.1) is 24.8 Å². The molecule has 0 fully saturated rings. The number of hydrogen-bond donors (Lipinski definition) is 1. The second kappa shape index (κ2) is 8.08. The van der Waals surface area contributed by atoms with Crippen LogP contribution in [0.1, 0.15) is 0 Å². The highest BCUT2D eigenvalue weighted by atomic mass is 35.5. The molecule has 0 aliphatic rings. The zero-order valence-electron chi connectivity index (χ0n) is 14.1. The SMILES string of the molecule is Cl.Cl.Cn1cc(-c2cnc(N)c(-c3cc4c(Cl)ccc(F)c4cn3)c2)cn1. The summed E-state index contributed by atoms with van der Waals surface area (Å²) in [6.07, 6.45) is 6.78. The van der Waals surface area contributed by atoms with Gasteiger partial charge in [0, 0.05) is 58.1 Å².